The van der Waals surface area contributed by atoms with Gasteiger partial charge in [-0.05, 0) is 38.4 Å². The van der Waals surface area contributed by atoms with Crippen molar-refractivity contribution in [3.05, 3.63) is 23.8 Å². The first-order valence-electron chi connectivity index (χ1n) is 6.85. The fourth-order valence-electron chi connectivity index (χ4n) is 2.46. The van der Waals surface area contributed by atoms with E-state index < -0.39 is 0 Å². The van der Waals surface area contributed by atoms with Crippen LogP contribution in [0, 0.1) is 12.8 Å². The lowest BCUT2D eigenvalue weighted by atomic mass is 9.95. The minimum atomic E-state index is -0.228. The molecule has 0 aromatic carbocycles. The molecule has 2 aromatic heterocycles. The molecule has 1 aliphatic heterocycles. The summed E-state index contributed by atoms with van der Waals surface area (Å²) in [6.45, 7) is 5.87. The molecule has 0 radical (unpaired) electrons. The SMILES string of the molecule is Cc1ccnc2nc(C(=O)NC3CCNCC3C)nn12.Cl.Cl. The van der Waals surface area contributed by atoms with Crippen LogP contribution >= 0.6 is 24.8 Å². The Hall–Kier alpha value is -1.44. The molecule has 2 N–H and O–H groups in total. The average molecular weight is 347 g/mol. The lowest BCUT2D eigenvalue weighted by Crippen LogP contribution is -2.48. The van der Waals surface area contributed by atoms with Crippen molar-refractivity contribution in [3.63, 3.8) is 0 Å². The summed E-state index contributed by atoms with van der Waals surface area (Å²) in [4.78, 5) is 20.5. The van der Waals surface area contributed by atoms with Crippen molar-refractivity contribution in [2.75, 3.05) is 13.1 Å². The zero-order chi connectivity index (χ0) is 14.1. The van der Waals surface area contributed by atoms with Crippen LogP contribution in [0.2, 0.25) is 0 Å². The van der Waals surface area contributed by atoms with Gasteiger partial charge in [-0.1, -0.05) is 6.92 Å². The molecular formula is C13H20Cl2N6O. The number of hydrogen-bond acceptors (Lipinski definition) is 5. The number of amides is 1. The summed E-state index contributed by atoms with van der Waals surface area (Å²) >= 11 is 0. The van der Waals surface area contributed by atoms with Gasteiger partial charge >= 0.3 is 0 Å². The van der Waals surface area contributed by atoms with E-state index in [4.69, 9.17) is 0 Å². The van der Waals surface area contributed by atoms with Crippen LogP contribution in [0.5, 0.6) is 0 Å². The van der Waals surface area contributed by atoms with Crippen molar-refractivity contribution in [3.8, 4) is 0 Å². The second-order valence-corrected chi connectivity index (χ2v) is 5.28. The molecule has 1 fully saturated rings. The Morgan fingerprint density at radius 1 is 1.45 bits per heavy atom. The fourth-order valence-corrected chi connectivity index (χ4v) is 2.46. The number of rotatable bonds is 2. The van der Waals surface area contributed by atoms with Gasteiger partial charge < -0.3 is 10.6 Å². The van der Waals surface area contributed by atoms with Gasteiger partial charge in [0, 0.05) is 17.9 Å². The Morgan fingerprint density at radius 2 is 2.23 bits per heavy atom. The fraction of sp³-hybridized carbons (Fsp3) is 0.538. The van der Waals surface area contributed by atoms with Crippen LogP contribution in [0.15, 0.2) is 12.3 Å². The van der Waals surface area contributed by atoms with Crippen LogP contribution in [0.4, 0.5) is 0 Å². The van der Waals surface area contributed by atoms with E-state index in [1.165, 1.54) is 0 Å². The molecule has 3 rings (SSSR count). The van der Waals surface area contributed by atoms with E-state index in [0.717, 1.165) is 25.2 Å². The highest BCUT2D eigenvalue weighted by Crippen LogP contribution is 2.11. The summed E-state index contributed by atoms with van der Waals surface area (Å²) in [5.74, 6) is 0.810. The van der Waals surface area contributed by atoms with Gasteiger partial charge in [0.2, 0.25) is 5.82 Å². The standard InChI is InChI=1S/C13H18N6O.2ClH/c1-8-7-14-5-4-10(8)16-12(20)11-17-13-15-6-3-9(2)19(13)18-11;;/h3,6,8,10,14H,4-5,7H2,1-2H3,(H,16,20);2*1H. The summed E-state index contributed by atoms with van der Waals surface area (Å²) in [7, 11) is 0. The van der Waals surface area contributed by atoms with Crippen LogP contribution in [-0.2, 0) is 0 Å². The lowest BCUT2D eigenvalue weighted by Gasteiger charge is -2.29. The van der Waals surface area contributed by atoms with Gasteiger partial charge in [0.15, 0.2) is 0 Å². The quantitative estimate of drug-likeness (QED) is 0.847. The van der Waals surface area contributed by atoms with Crippen LogP contribution < -0.4 is 10.6 Å². The van der Waals surface area contributed by atoms with Gasteiger partial charge in [-0.2, -0.15) is 4.98 Å². The molecule has 0 spiro atoms. The highest BCUT2D eigenvalue weighted by Gasteiger charge is 2.24. The molecule has 0 saturated carbocycles. The molecule has 2 unspecified atom stereocenters. The first kappa shape index (κ1) is 18.6. The Balaban J connectivity index is 0.00000121. The van der Waals surface area contributed by atoms with Crippen LogP contribution in [-0.4, -0.2) is 44.6 Å². The van der Waals surface area contributed by atoms with Crippen molar-refractivity contribution in [1.82, 2.24) is 30.2 Å². The number of hydrogen-bond donors (Lipinski definition) is 2. The molecule has 2 atom stereocenters. The van der Waals surface area contributed by atoms with E-state index in [1.807, 2.05) is 13.0 Å². The van der Waals surface area contributed by atoms with E-state index >= 15 is 0 Å². The maximum Gasteiger partial charge on any atom is 0.291 e. The number of nitrogens with one attached hydrogen (secondary N) is 2. The van der Waals surface area contributed by atoms with Crippen molar-refractivity contribution in [2.24, 2.45) is 5.92 Å². The number of aryl methyl sites for hydroxylation is 1. The van der Waals surface area contributed by atoms with Crippen molar-refractivity contribution >= 4 is 36.5 Å². The summed E-state index contributed by atoms with van der Waals surface area (Å²) in [5, 5.41) is 10.5. The van der Waals surface area contributed by atoms with Gasteiger partial charge in [-0.3, -0.25) is 4.79 Å². The summed E-state index contributed by atoms with van der Waals surface area (Å²) in [6.07, 6.45) is 2.59. The zero-order valence-corrected chi connectivity index (χ0v) is 14.1. The Labute approximate surface area is 141 Å². The van der Waals surface area contributed by atoms with E-state index in [-0.39, 0.29) is 42.6 Å². The predicted octanol–water partition coefficient (Wildman–Crippen LogP) is 1.00. The Kier molecular flexibility index (Phi) is 6.52. The number of nitrogens with zero attached hydrogens (tertiary/aromatic N) is 4. The Bertz CT molecular complexity index is 646. The molecule has 0 bridgehead atoms. The number of fused-ring (bicyclic) bond motifs is 1. The normalized spacial score (nSPS) is 20.8. The van der Waals surface area contributed by atoms with Gasteiger partial charge in [0.1, 0.15) is 0 Å². The Morgan fingerprint density at radius 3 is 2.91 bits per heavy atom. The highest BCUT2D eigenvalue weighted by atomic mass is 35.5. The molecule has 122 valence electrons. The molecular weight excluding hydrogens is 327 g/mol. The van der Waals surface area contributed by atoms with Gasteiger partial charge in [0.25, 0.3) is 11.7 Å². The third-order valence-corrected chi connectivity index (χ3v) is 3.73. The summed E-state index contributed by atoms with van der Waals surface area (Å²) < 4.78 is 1.58. The largest absolute Gasteiger partial charge is 0.346 e. The van der Waals surface area contributed by atoms with Gasteiger partial charge in [0.05, 0.1) is 0 Å². The average Bonchev–Trinajstić information content (AvgIpc) is 2.87. The van der Waals surface area contributed by atoms with Crippen molar-refractivity contribution < 1.29 is 4.79 Å². The van der Waals surface area contributed by atoms with Gasteiger partial charge in [-0.15, -0.1) is 29.9 Å². The monoisotopic (exact) mass is 346 g/mol. The molecule has 9 heteroatoms. The highest BCUT2D eigenvalue weighted by molar-refractivity contribution is 5.91. The number of carbonyl (C=O) groups is 1. The van der Waals surface area contributed by atoms with Crippen molar-refractivity contribution in [1.29, 1.82) is 0 Å². The minimum absolute atomic E-state index is 0. The zero-order valence-electron chi connectivity index (χ0n) is 12.4. The number of carbonyl (C=O) groups excluding carboxylic acids is 1. The molecule has 22 heavy (non-hydrogen) atoms. The first-order chi connectivity index (χ1) is 9.65. The maximum atomic E-state index is 12.2. The van der Waals surface area contributed by atoms with Crippen LogP contribution in [0.3, 0.4) is 0 Å². The molecule has 0 aliphatic carbocycles. The molecule has 2 aromatic rings. The lowest BCUT2D eigenvalue weighted by molar-refractivity contribution is 0.0904. The number of piperidine rings is 1. The summed E-state index contributed by atoms with van der Waals surface area (Å²) in [5.41, 5.74) is 0.900. The minimum Gasteiger partial charge on any atom is -0.346 e. The van der Waals surface area contributed by atoms with E-state index in [9.17, 15) is 4.79 Å². The number of aromatic nitrogens is 4. The predicted molar refractivity (Wildman–Crippen MR) is 87.9 cm³/mol. The molecule has 1 amide bonds. The molecule has 3 heterocycles. The molecule has 7 nitrogen and oxygen atoms in total. The second-order valence-electron chi connectivity index (χ2n) is 5.28. The molecule has 1 saturated heterocycles. The summed E-state index contributed by atoms with van der Waals surface area (Å²) in [6, 6.07) is 2.00. The third kappa shape index (κ3) is 3.66. The van der Waals surface area contributed by atoms with E-state index in [0.29, 0.717) is 11.7 Å². The van der Waals surface area contributed by atoms with Crippen LogP contribution in [0.25, 0.3) is 5.78 Å². The van der Waals surface area contributed by atoms with Crippen LogP contribution in [0.1, 0.15) is 29.7 Å². The topological polar surface area (TPSA) is 84.2 Å². The first-order valence-corrected chi connectivity index (χ1v) is 6.85. The maximum absolute atomic E-state index is 12.2. The van der Waals surface area contributed by atoms with Crippen molar-refractivity contribution in [2.45, 2.75) is 26.3 Å². The second kappa shape index (κ2) is 7.71. The number of halogens is 2. The molecule has 1 aliphatic rings. The third-order valence-electron chi connectivity index (χ3n) is 3.73. The van der Waals surface area contributed by atoms with E-state index in [2.05, 4.69) is 32.6 Å². The smallest absolute Gasteiger partial charge is 0.291 e. The van der Waals surface area contributed by atoms with E-state index in [1.54, 1.807) is 10.7 Å². The van der Waals surface area contributed by atoms with Gasteiger partial charge in [-0.25, -0.2) is 9.50 Å².